The molecule has 2 aliphatic heterocycles. The molecular weight excluding hydrogens is 436 g/mol. The van der Waals surface area contributed by atoms with Crippen LogP contribution in [-0.4, -0.2) is 43.2 Å². The number of anilines is 2. The number of amides is 1. The maximum atomic E-state index is 12.8. The molecule has 0 spiro atoms. The summed E-state index contributed by atoms with van der Waals surface area (Å²) in [6, 6.07) is 8.66. The Morgan fingerprint density at radius 1 is 1.21 bits per heavy atom. The minimum absolute atomic E-state index is 0.0118. The molecule has 2 aromatic rings. The smallest absolute Gasteiger partial charge is 0.229 e. The lowest BCUT2D eigenvalue weighted by molar-refractivity contribution is -0.120. The number of pyridine rings is 1. The highest BCUT2D eigenvalue weighted by Gasteiger charge is 2.24. The SMILES string of the molecule is CCc1c(NCC2CCOCC2)cccc1-c1cc(NC(=O)C2CCC(C)NC2)ncc1Cl. The molecule has 0 aliphatic carbocycles. The quantitative estimate of drug-likeness (QED) is 0.523. The summed E-state index contributed by atoms with van der Waals surface area (Å²) >= 11 is 6.59. The molecule has 2 atom stereocenters. The molecule has 1 aromatic carbocycles. The second kappa shape index (κ2) is 11.3. The summed E-state index contributed by atoms with van der Waals surface area (Å²) in [4.78, 5) is 17.2. The minimum Gasteiger partial charge on any atom is -0.385 e. The molecule has 1 aromatic heterocycles. The van der Waals surface area contributed by atoms with Gasteiger partial charge in [0.15, 0.2) is 0 Å². The Balaban J connectivity index is 1.52. The number of piperidine rings is 1. The topological polar surface area (TPSA) is 75.3 Å². The molecule has 2 saturated heterocycles. The summed E-state index contributed by atoms with van der Waals surface area (Å²) in [7, 11) is 0. The first kappa shape index (κ1) is 24.0. The first-order valence-electron chi connectivity index (χ1n) is 12.2. The maximum Gasteiger partial charge on any atom is 0.229 e. The number of rotatable bonds is 7. The Morgan fingerprint density at radius 3 is 2.76 bits per heavy atom. The van der Waals surface area contributed by atoms with Crippen LogP contribution in [0.3, 0.4) is 0 Å². The van der Waals surface area contributed by atoms with Crippen LogP contribution in [0.5, 0.6) is 0 Å². The number of nitrogens with one attached hydrogen (secondary N) is 3. The largest absolute Gasteiger partial charge is 0.385 e. The van der Waals surface area contributed by atoms with Crippen molar-refractivity contribution in [3.05, 3.63) is 41.0 Å². The van der Waals surface area contributed by atoms with E-state index in [0.29, 0.717) is 29.3 Å². The van der Waals surface area contributed by atoms with E-state index in [-0.39, 0.29) is 11.8 Å². The number of benzene rings is 1. The molecule has 2 fully saturated rings. The lowest BCUT2D eigenvalue weighted by Gasteiger charge is -2.26. The third-order valence-electron chi connectivity index (χ3n) is 6.88. The summed E-state index contributed by atoms with van der Waals surface area (Å²) < 4.78 is 5.49. The van der Waals surface area contributed by atoms with Crippen LogP contribution < -0.4 is 16.0 Å². The molecule has 1 amide bonds. The Morgan fingerprint density at radius 2 is 2.03 bits per heavy atom. The van der Waals surface area contributed by atoms with Crippen molar-refractivity contribution in [2.45, 2.75) is 52.0 Å². The zero-order valence-corrected chi connectivity index (χ0v) is 20.4. The van der Waals surface area contributed by atoms with Crippen LogP contribution >= 0.6 is 11.6 Å². The highest BCUT2D eigenvalue weighted by molar-refractivity contribution is 6.33. The molecule has 2 unspecified atom stereocenters. The van der Waals surface area contributed by atoms with Gasteiger partial charge < -0.3 is 20.7 Å². The fourth-order valence-electron chi connectivity index (χ4n) is 4.75. The monoisotopic (exact) mass is 470 g/mol. The molecule has 33 heavy (non-hydrogen) atoms. The van der Waals surface area contributed by atoms with Crippen LogP contribution in [0.1, 0.15) is 45.1 Å². The summed E-state index contributed by atoms with van der Waals surface area (Å²) in [5.41, 5.74) is 4.33. The van der Waals surface area contributed by atoms with Crippen molar-refractivity contribution in [3.63, 3.8) is 0 Å². The minimum atomic E-state index is -0.0361. The predicted octanol–water partition coefficient (Wildman–Crippen LogP) is 5.13. The van der Waals surface area contributed by atoms with E-state index in [1.54, 1.807) is 6.20 Å². The molecule has 3 heterocycles. The second-order valence-electron chi connectivity index (χ2n) is 9.24. The van der Waals surface area contributed by atoms with Crippen LogP contribution in [0.2, 0.25) is 5.02 Å². The lowest BCUT2D eigenvalue weighted by Crippen LogP contribution is -2.41. The van der Waals surface area contributed by atoms with E-state index in [0.717, 1.165) is 68.7 Å². The lowest BCUT2D eigenvalue weighted by atomic mass is 9.94. The standard InChI is InChI=1S/C26H35ClN4O2/c1-3-20-21(5-4-6-24(20)29-14-18-9-11-33-12-10-18)22-13-25(30-16-23(22)27)31-26(32)19-8-7-17(2)28-15-19/h4-6,13,16-19,28-29H,3,7-12,14-15H2,1-2H3,(H,30,31,32). The van der Waals surface area contributed by atoms with E-state index in [4.69, 9.17) is 16.3 Å². The van der Waals surface area contributed by atoms with Crippen LogP contribution in [0.4, 0.5) is 11.5 Å². The number of aromatic nitrogens is 1. The fraction of sp³-hybridized carbons (Fsp3) is 0.538. The number of carbonyl (C=O) groups excluding carboxylic acids is 1. The van der Waals surface area contributed by atoms with Crippen LogP contribution in [0, 0.1) is 11.8 Å². The van der Waals surface area contributed by atoms with Gasteiger partial charge in [-0.2, -0.15) is 0 Å². The van der Waals surface area contributed by atoms with E-state index in [2.05, 4.69) is 53.0 Å². The van der Waals surface area contributed by atoms with Gasteiger partial charge in [0.05, 0.1) is 10.9 Å². The van der Waals surface area contributed by atoms with Gasteiger partial charge >= 0.3 is 0 Å². The Kier molecular flexibility index (Phi) is 8.23. The van der Waals surface area contributed by atoms with Crippen molar-refractivity contribution in [3.8, 4) is 11.1 Å². The van der Waals surface area contributed by atoms with Gasteiger partial charge in [0, 0.05) is 49.8 Å². The highest BCUT2D eigenvalue weighted by atomic mass is 35.5. The van der Waals surface area contributed by atoms with Gasteiger partial charge in [-0.1, -0.05) is 30.7 Å². The van der Waals surface area contributed by atoms with Gasteiger partial charge in [0.25, 0.3) is 0 Å². The molecule has 4 rings (SSSR count). The van der Waals surface area contributed by atoms with E-state index < -0.39 is 0 Å². The number of hydrogen-bond donors (Lipinski definition) is 3. The van der Waals surface area contributed by atoms with Crippen LogP contribution in [0.15, 0.2) is 30.5 Å². The molecule has 0 radical (unpaired) electrons. The zero-order chi connectivity index (χ0) is 23.2. The summed E-state index contributed by atoms with van der Waals surface area (Å²) in [6.07, 6.45) is 6.60. The molecule has 0 saturated carbocycles. The number of hydrogen-bond acceptors (Lipinski definition) is 5. The summed E-state index contributed by atoms with van der Waals surface area (Å²) in [6.45, 7) is 7.66. The maximum absolute atomic E-state index is 12.8. The second-order valence-corrected chi connectivity index (χ2v) is 9.65. The number of carbonyl (C=O) groups is 1. The number of halogens is 1. The third-order valence-corrected chi connectivity index (χ3v) is 7.18. The van der Waals surface area contributed by atoms with E-state index >= 15 is 0 Å². The Labute approximate surface area is 201 Å². The number of nitrogens with zero attached hydrogens (tertiary/aromatic N) is 1. The third kappa shape index (κ3) is 6.05. The van der Waals surface area contributed by atoms with Crippen LogP contribution in [-0.2, 0) is 16.0 Å². The predicted molar refractivity (Wildman–Crippen MR) is 135 cm³/mol. The molecule has 7 heteroatoms. The number of ether oxygens (including phenoxy) is 1. The van der Waals surface area contributed by atoms with Crippen molar-refractivity contribution in [1.29, 1.82) is 0 Å². The van der Waals surface area contributed by atoms with Gasteiger partial charge in [-0.3, -0.25) is 4.79 Å². The highest BCUT2D eigenvalue weighted by Crippen LogP contribution is 2.35. The van der Waals surface area contributed by atoms with Crippen molar-refractivity contribution in [2.24, 2.45) is 11.8 Å². The Bertz CT molecular complexity index is 953. The van der Waals surface area contributed by atoms with Gasteiger partial charge in [0.1, 0.15) is 5.82 Å². The first-order valence-corrected chi connectivity index (χ1v) is 12.6. The van der Waals surface area contributed by atoms with Gasteiger partial charge in [-0.05, 0) is 68.2 Å². The molecule has 6 nitrogen and oxygen atoms in total. The van der Waals surface area contributed by atoms with Gasteiger partial charge in [-0.15, -0.1) is 0 Å². The van der Waals surface area contributed by atoms with Crippen molar-refractivity contribution >= 4 is 29.0 Å². The molecule has 3 N–H and O–H groups in total. The Hall–Kier alpha value is -2.15. The molecular formula is C26H35ClN4O2. The normalized spacial score (nSPS) is 21.5. The summed E-state index contributed by atoms with van der Waals surface area (Å²) in [5.74, 6) is 1.15. The van der Waals surface area contributed by atoms with Gasteiger partial charge in [0.2, 0.25) is 5.91 Å². The van der Waals surface area contributed by atoms with Crippen molar-refractivity contribution in [1.82, 2.24) is 10.3 Å². The fourth-order valence-corrected chi connectivity index (χ4v) is 4.96. The van der Waals surface area contributed by atoms with Gasteiger partial charge in [-0.25, -0.2) is 4.98 Å². The zero-order valence-electron chi connectivity index (χ0n) is 19.6. The molecule has 2 aliphatic rings. The summed E-state index contributed by atoms with van der Waals surface area (Å²) in [5, 5.41) is 10.6. The average molecular weight is 471 g/mol. The van der Waals surface area contributed by atoms with E-state index in [1.165, 1.54) is 5.56 Å². The average Bonchev–Trinajstić information content (AvgIpc) is 2.84. The van der Waals surface area contributed by atoms with E-state index in [1.807, 2.05) is 6.07 Å². The van der Waals surface area contributed by atoms with E-state index in [9.17, 15) is 4.79 Å². The molecule has 0 bridgehead atoms. The van der Waals surface area contributed by atoms with Crippen molar-refractivity contribution < 1.29 is 9.53 Å². The van der Waals surface area contributed by atoms with Crippen LogP contribution in [0.25, 0.3) is 11.1 Å². The van der Waals surface area contributed by atoms with Crippen molar-refractivity contribution in [2.75, 3.05) is 36.9 Å². The molecule has 178 valence electrons. The first-order chi connectivity index (χ1) is 16.0.